The standard InChI is InChI=1S/C40H36N2/c1-5-13-33(14-6-1)29-41(30-34-15-7-2-8-16-34)39-25-21-37(22-26-39)38-23-27-40(28-24-38)42(31-35-17-9-3-10-18-35)32-36-19-11-4-12-20-36/h1-28H,29-32H2. The van der Waals surface area contributed by atoms with Crippen molar-refractivity contribution in [1.82, 2.24) is 0 Å². The SMILES string of the molecule is c1ccc(CN(Cc2ccccc2)c2ccc(-c3ccc(N(Cc4ccccc4)Cc4ccccc4)cc3)cc2)cc1. The lowest BCUT2D eigenvalue weighted by Gasteiger charge is -2.26. The molecular weight excluding hydrogens is 508 g/mol. The van der Waals surface area contributed by atoms with Gasteiger partial charge in [-0.25, -0.2) is 0 Å². The first-order valence-electron chi connectivity index (χ1n) is 14.7. The molecule has 0 N–H and O–H groups in total. The van der Waals surface area contributed by atoms with Gasteiger partial charge in [-0.2, -0.15) is 0 Å². The molecule has 0 aliphatic heterocycles. The smallest absolute Gasteiger partial charge is 0.0433 e. The van der Waals surface area contributed by atoms with E-state index in [0.29, 0.717) is 0 Å². The van der Waals surface area contributed by atoms with Crippen LogP contribution in [0.3, 0.4) is 0 Å². The number of hydrogen-bond acceptors (Lipinski definition) is 2. The molecule has 42 heavy (non-hydrogen) atoms. The molecule has 2 nitrogen and oxygen atoms in total. The van der Waals surface area contributed by atoms with Crippen LogP contribution in [0.25, 0.3) is 11.1 Å². The van der Waals surface area contributed by atoms with Gasteiger partial charge in [-0.3, -0.25) is 0 Å². The molecule has 0 aliphatic carbocycles. The third kappa shape index (κ3) is 7.16. The first-order chi connectivity index (χ1) is 20.8. The van der Waals surface area contributed by atoms with Gasteiger partial charge < -0.3 is 9.80 Å². The molecule has 0 bridgehead atoms. The van der Waals surface area contributed by atoms with Gasteiger partial charge in [0.25, 0.3) is 0 Å². The third-order valence-electron chi connectivity index (χ3n) is 7.66. The minimum Gasteiger partial charge on any atom is -0.363 e. The Morgan fingerprint density at radius 1 is 0.262 bits per heavy atom. The van der Waals surface area contributed by atoms with Gasteiger partial charge in [-0.1, -0.05) is 146 Å². The number of anilines is 2. The molecule has 0 aliphatic rings. The maximum atomic E-state index is 2.45. The molecule has 0 atom stereocenters. The predicted octanol–water partition coefficient (Wildman–Crippen LogP) is 9.77. The summed E-state index contributed by atoms with van der Waals surface area (Å²) in [6.45, 7) is 3.45. The van der Waals surface area contributed by atoms with Crippen molar-refractivity contribution in [3.8, 4) is 11.1 Å². The molecule has 2 heteroatoms. The summed E-state index contributed by atoms with van der Waals surface area (Å²) in [5.41, 5.74) is 10.1. The third-order valence-corrected chi connectivity index (χ3v) is 7.66. The zero-order chi connectivity index (χ0) is 28.4. The molecule has 0 aromatic heterocycles. The van der Waals surface area contributed by atoms with Gasteiger partial charge in [0.2, 0.25) is 0 Å². The number of hydrogen-bond donors (Lipinski definition) is 0. The first-order valence-corrected chi connectivity index (χ1v) is 14.7. The molecule has 0 radical (unpaired) electrons. The number of nitrogens with zero attached hydrogens (tertiary/aromatic N) is 2. The Morgan fingerprint density at radius 3 is 0.738 bits per heavy atom. The molecule has 6 aromatic rings. The lowest BCUT2D eigenvalue weighted by Crippen LogP contribution is -2.22. The van der Waals surface area contributed by atoms with Crippen LogP contribution in [0.1, 0.15) is 22.3 Å². The van der Waals surface area contributed by atoms with Crippen LogP contribution in [0, 0.1) is 0 Å². The highest BCUT2D eigenvalue weighted by atomic mass is 15.1. The Labute approximate surface area is 250 Å². The Bertz CT molecular complexity index is 1420. The van der Waals surface area contributed by atoms with E-state index in [1.807, 2.05) is 0 Å². The second kappa shape index (κ2) is 13.5. The summed E-state index contributed by atoms with van der Waals surface area (Å²) in [7, 11) is 0. The lowest BCUT2D eigenvalue weighted by atomic mass is 10.0. The maximum Gasteiger partial charge on any atom is 0.0433 e. The molecule has 6 aromatic carbocycles. The van der Waals surface area contributed by atoms with Crippen molar-refractivity contribution in [1.29, 1.82) is 0 Å². The Balaban J connectivity index is 1.21. The van der Waals surface area contributed by atoms with Crippen molar-refractivity contribution in [3.05, 3.63) is 192 Å². The van der Waals surface area contributed by atoms with Gasteiger partial charge in [-0.15, -0.1) is 0 Å². The first kappa shape index (κ1) is 27.1. The largest absolute Gasteiger partial charge is 0.363 e. The van der Waals surface area contributed by atoms with Crippen molar-refractivity contribution < 1.29 is 0 Å². The van der Waals surface area contributed by atoms with Gasteiger partial charge in [0, 0.05) is 37.6 Å². The highest BCUT2D eigenvalue weighted by molar-refractivity contribution is 5.69. The summed E-state index contributed by atoms with van der Waals surface area (Å²) in [6.07, 6.45) is 0. The molecular formula is C40H36N2. The highest BCUT2D eigenvalue weighted by Gasteiger charge is 2.11. The van der Waals surface area contributed by atoms with Crippen LogP contribution >= 0.6 is 0 Å². The van der Waals surface area contributed by atoms with Crippen molar-refractivity contribution in [2.75, 3.05) is 9.80 Å². The van der Waals surface area contributed by atoms with E-state index in [0.717, 1.165) is 26.2 Å². The van der Waals surface area contributed by atoms with E-state index in [-0.39, 0.29) is 0 Å². The molecule has 0 saturated carbocycles. The molecule has 0 fully saturated rings. The van der Waals surface area contributed by atoms with Crippen LogP contribution in [0.2, 0.25) is 0 Å². The van der Waals surface area contributed by atoms with Gasteiger partial charge >= 0.3 is 0 Å². The predicted molar refractivity (Wildman–Crippen MR) is 177 cm³/mol. The molecule has 206 valence electrons. The van der Waals surface area contributed by atoms with Crippen molar-refractivity contribution in [2.45, 2.75) is 26.2 Å². The second-order valence-corrected chi connectivity index (χ2v) is 10.7. The summed E-state index contributed by atoms with van der Waals surface area (Å²) < 4.78 is 0. The fraction of sp³-hybridized carbons (Fsp3) is 0.100. The Morgan fingerprint density at radius 2 is 0.500 bits per heavy atom. The van der Waals surface area contributed by atoms with Crippen LogP contribution in [0.15, 0.2) is 170 Å². The average molecular weight is 545 g/mol. The molecule has 6 rings (SSSR count). The van der Waals surface area contributed by atoms with Gasteiger partial charge in [0.1, 0.15) is 0 Å². The molecule has 0 heterocycles. The Hall–Kier alpha value is -5.08. The van der Waals surface area contributed by atoms with Crippen molar-refractivity contribution in [3.63, 3.8) is 0 Å². The molecule has 0 spiro atoms. The summed E-state index contributed by atoms with van der Waals surface area (Å²) in [5.74, 6) is 0. The molecule has 0 amide bonds. The van der Waals surface area contributed by atoms with E-state index in [1.54, 1.807) is 0 Å². The van der Waals surface area contributed by atoms with Crippen LogP contribution in [0.5, 0.6) is 0 Å². The van der Waals surface area contributed by atoms with Gasteiger partial charge in [0.05, 0.1) is 0 Å². The lowest BCUT2D eigenvalue weighted by molar-refractivity contribution is 0.800. The summed E-state index contributed by atoms with van der Waals surface area (Å²) >= 11 is 0. The van der Waals surface area contributed by atoms with Gasteiger partial charge in [-0.05, 0) is 57.6 Å². The maximum absolute atomic E-state index is 2.45. The zero-order valence-corrected chi connectivity index (χ0v) is 23.9. The average Bonchev–Trinajstić information content (AvgIpc) is 3.06. The topological polar surface area (TPSA) is 6.48 Å². The molecule has 0 saturated heterocycles. The molecule has 0 unspecified atom stereocenters. The minimum atomic E-state index is 0.864. The van der Waals surface area contributed by atoms with E-state index in [2.05, 4.69) is 180 Å². The van der Waals surface area contributed by atoms with Crippen LogP contribution in [-0.2, 0) is 26.2 Å². The Kier molecular flexibility index (Phi) is 8.73. The zero-order valence-electron chi connectivity index (χ0n) is 23.9. The monoisotopic (exact) mass is 544 g/mol. The van der Waals surface area contributed by atoms with Gasteiger partial charge in [0.15, 0.2) is 0 Å². The van der Waals surface area contributed by atoms with E-state index >= 15 is 0 Å². The summed E-state index contributed by atoms with van der Waals surface area (Å²) in [6, 6.07) is 60.9. The van der Waals surface area contributed by atoms with E-state index in [4.69, 9.17) is 0 Å². The number of benzene rings is 6. The van der Waals surface area contributed by atoms with Crippen LogP contribution in [-0.4, -0.2) is 0 Å². The fourth-order valence-corrected chi connectivity index (χ4v) is 5.42. The van der Waals surface area contributed by atoms with E-state index in [9.17, 15) is 0 Å². The van der Waals surface area contributed by atoms with E-state index in [1.165, 1.54) is 44.8 Å². The highest BCUT2D eigenvalue weighted by Crippen LogP contribution is 2.28. The van der Waals surface area contributed by atoms with E-state index < -0.39 is 0 Å². The second-order valence-electron chi connectivity index (χ2n) is 10.7. The van der Waals surface area contributed by atoms with Crippen molar-refractivity contribution >= 4 is 11.4 Å². The summed E-state index contributed by atoms with van der Waals surface area (Å²) in [4.78, 5) is 4.89. The van der Waals surface area contributed by atoms with Crippen molar-refractivity contribution in [2.24, 2.45) is 0 Å². The fourth-order valence-electron chi connectivity index (χ4n) is 5.42. The van der Waals surface area contributed by atoms with Crippen LogP contribution in [0.4, 0.5) is 11.4 Å². The van der Waals surface area contributed by atoms with Crippen LogP contribution < -0.4 is 9.80 Å². The number of rotatable bonds is 11. The summed E-state index contributed by atoms with van der Waals surface area (Å²) in [5, 5.41) is 0. The minimum absolute atomic E-state index is 0.864. The quantitative estimate of drug-likeness (QED) is 0.160. The normalized spacial score (nSPS) is 10.8.